The first kappa shape index (κ1) is 25.1. The predicted molar refractivity (Wildman–Crippen MR) is 128 cm³/mol. The van der Waals surface area contributed by atoms with Gasteiger partial charge >= 0.3 is 5.97 Å². The van der Waals surface area contributed by atoms with Gasteiger partial charge in [-0.3, -0.25) is 4.79 Å². The molecule has 0 aromatic rings. The van der Waals surface area contributed by atoms with Crippen LogP contribution < -0.4 is 0 Å². The number of rotatable bonds is 5. The Bertz CT molecular complexity index is 1010. The van der Waals surface area contributed by atoms with Gasteiger partial charge in [-0.1, -0.05) is 12.5 Å². The Kier molecular flexibility index (Phi) is 5.55. The number of aliphatic hydroxyl groups is 3. The molecule has 3 saturated carbocycles. The molecule has 1 aliphatic heterocycles. The van der Waals surface area contributed by atoms with Gasteiger partial charge in [-0.2, -0.15) is 0 Å². The molecule has 194 valence electrons. The van der Waals surface area contributed by atoms with E-state index in [0.717, 1.165) is 32.1 Å². The Balaban J connectivity index is 1.42. The van der Waals surface area contributed by atoms with Crippen LogP contribution in [0.25, 0.3) is 0 Å². The predicted octanol–water partition coefficient (Wildman–Crippen LogP) is 3.02. The maximum absolute atomic E-state index is 13.3. The van der Waals surface area contributed by atoms with E-state index in [1.165, 1.54) is 6.92 Å². The smallest absolute Gasteiger partial charge is 0.331 e. The van der Waals surface area contributed by atoms with Gasteiger partial charge in [0.2, 0.25) is 0 Å². The van der Waals surface area contributed by atoms with Crippen molar-refractivity contribution >= 4 is 11.8 Å². The van der Waals surface area contributed by atoms with Gasteiger partial charge in [0.15, 0.2) is 5.78 Å². The molecule has 5 rings (SSSR count). The Morgan fingerprint density at radius 1 is 1.23 bits per heavy atom. The summed E-state index contributed by atoms with van der Waals surface area (Å²) in [6.07, 6.45) is 5.44. The number of ketones is 1. The zero-order valence-corrected chi connectivity index (χ0v) is 21.5. The lowest BCUT2D eigenvalue weighted by atomic mass is 9.44. The van der Waals surface area contributed by atoms with Crippen molar-refractivity contribution in [1.82, 2.24) is 0 Å². The summed E-state index contributed by atoms with van der Waals surface area (Å²) < 4.78 is 6.18. The molecule has 0 amide bonds. The number of hydrogen-bond acceptors (Lipinski definition) is 6. The number of carboxylic acids is 1. The molecule has 4 unspecified atom stereocenters. The van der Waals surface area contributed by atoms with Crippen molar-refractivity contribution in [3.63, 3.8) is 0 Å². The van der Waals surface area contributed by atoms with Crippen molar-refractivity contribution < 1.29 is 34.8 Å². The highest BCUT2D eigenvalue weighted by Gasteiger charge is 2.80. The lowest BCUT2D eigenvalue weighted by molar-refractivity contribution is -0.165. The lowest BCUT2D eigenvalue weighted by Crippen LogP contribution is -2.64. The first-order valence-corrected chi connectivity index (χ1v) is 13.1. The molecule has 7 heteroatoms. The van der Waals surface area contributed by atoms with Crippen molar-refractivity contribution in [2.24, 2.45) is 34.5 Å². The van der Waals surface area contributed by atoms with E-state index < -0.39 is 34.8 Å². The van der Waals surface area contributed by atoms with Crippen LogP contribution in [0.3, 0.4) is 0 Å². The molecular weight excluding hydrogens is 448 g/mol. The molecule has 11 atom stereocenters. The zero-order chi connectivity index (χ0) is 25.7. The third-order valence-corrected chi connectivity index (χ3v) is 11.5. The van der Waals surface area contributed by atoms with Gasteiger partial charge in [-0.15, -0.1) is 0 Å². The second-order valence-corrected chi connectivity index (χ2v) is 12.7. The van der Waals surface area contributed by atoms with Crippen LogP contribution in [0.15, 0.2) is 23.3 Å². The molecule has 35 heavy (non-hydrogen) atoms. The molecule has 4 fully saturated rings. The van der Waals surface area contributed by atoms with Gasteiger partial charge < -0.3 is 25.2 Å². The Labute approximate surface area is 207 Å². The number of hydrogen-bond donors (Lipinski definition) is 4. The summed E-state index contributed by atoms with van der Waals surface area (Å²) in [6.45, 7) is 9.15. The third-order valence-electron chi connectivity index (χ3n) is 11.5. The van der Waals surface area contributed by atoms with E-state index in [1.54, 1.807) is 26.0 Å². The minimum Gasteiger partial charge on any atom is -0.478 e. The molecule has 1 saturated heterocycles. The number of allylic oxidation sites excluding steroid dienone is 1. The van der Waals surface area contributed by atoms with Gasteiger partial charge in [0.25, 0.3) is 0 Å². The largest absolute Gasteiger partial charge is 0.478 e. The molecule has 0 aromatic carbocycles. The molecule has 7 nitrogen and oxygen atoms in total. The quantitative estimate of drug-likeness (QED) is 0.346. The van der Waals surface area contributed by atoms with E-state index in [9.17, 15) is 30.0 Å². The van der Waals surface area contributed by atoms with Crippen LogP contribution in [0, 0.1) is 34.5 Å². The Morgan fingerprint density at radius 3 is 2.57 bits per heavy atom. The van der Waals surface area contributed by atoms with Crippen molar-refractivity contribution in [2.75, 3.05) is 0 Å². The van der Waals surface area contributed by atoms with Gasteiger partial charge in [0, 0.05) is 5.57 Å². The summed E-state index contributed by atoms with van der Waals surface area (Å²) in [5.41, 5.74) is -2.34. The van der Waals surface area contributed by atoms with Crippen LogP contribution in [0.4, 0.5) is 0 Å². The lowest BCUT2D eigenvalue weighted by Gasteiger charge is -2.58. The number of carboxylic acid groups (broad SMARTS) is 1. The normalized spacial score (nSPS) is 49.1. The van der Waals surface area contributed by atoms with Crippen LogP contribution >= 0.6 is 0 Å². The standard InChI is InChI=1S/C28H40O7/c1-14(15(2)24(32)33)12-22(31)27(5,34)19-7-6-17-16-13-23-28(35-23)21(30)9-8-20(29)26(28,4)18(16)10-11-25(17,19)3/h8-9,16-19,21-23,30-31,34H,6-7,10-13H2,1-5H3,(H,32,33)/t16-,17-,18-,19-,21?,22?,23?,25-,26-,27+,28?/m0/s1. The van der Waals surface area contributed by atoms with E-state index in [1.807, 2.05) is 6.92 Å². The number of epoxide rings is 1. The summed E-state index contributed by atoms with van der Waals surface area (Å²) in [5, 5.41) is 42.9. The fourth-order valence-electron chi connectivity index (χ4n) is 9.21. The van der Waals surface area contributed by atoms with Gasteiger partial charge in [0.1, 0.15) is 11.7 Å². The van der Waals surface area contributed by atoms with Crippen LogP contribution in [0.2, 0.25) is 0 Å². The Morgan fingerprint density at radius 2 is 1.91 bits per heavy atom. The zero-order valence-electron chi connectivity index (χ0n) is 21.5. The fourth-order valence-corrected chi connectivity index (χ4v) is 9.21. The van der Waals surface area contributed by atoms with Crippen molar-refractivity contribution in [3.05, 3.63) is 23.3 Å². The van der Waals surface area contributed by atoms with E-state index in [4.69, 9.17) is 4.74 Å². The average molecular weight is 489 g/mol. The van der Waals surface area contributed by atoms with E-state index in [2.05, 4.69) is 6.92 Å². The minimum atomic E-state index is -1.37. The summed E-state index contributed by atoms with van der Waals surface area (Å²) >= 11 is 0. The van der Waals surface area contributed by atoms with E-state index >= 15 is 0 Å². The maximum Gasteiger partial charge on any atom is 0.331 e. The summed E-state index contributed by atoms with van der Waals surface area (Å²) in [7, 11) is 0. The minimum absolute atomic E-state index is 0.0524. The summed E-state index contributed by atoms with van der Waals surface area (Å²) in [6, 6.07) is 0. The van der Waals surface area contributed by atoms with Crippen LogP contribution in [-0.4, -0.2) is 61.7 Å². The molecule has 1 heterocycles. The highest BCUT2D eigenvalue weighted by Crippen LogP contribution is 2.73. The molecule has 5 aliphatic rings. The van der Waals surface area contributed by atoms with Crippen LogP contribution in [0.5, 0.6) is 0 Å². The number of aliphatic carboxylic acids is 1. The maximum atomic E-state index is 13.3. The van der Waals surface area contributed by atoms with Crippen molar-refractivity contribution in [2.45, 2.75) is 103 Å². The molecule has 0 radical (unpaired) electrons. The monoisotopic (exact) mass is 488 g/mol. The second kappa shape index (κ2) is 7.73. The Hall–Kier alpha value is -1.54. The molecular formula is C28H40O7. The van der Waals surface area contributed by atoms with E-state index in [0.29, 0.717) is 5.57 Å². The van der Waals surface area contributed by atoms with Crippen LogP contribution in [-0.2, 0) is 14.3 Å². The summed E-state index contributed by atoms with van der Waals surface area (Å²) in [4.78, 5) is 24.6. The van der Waals surface area contributed by atoms with Gasteiger partial charge in [0.05, 0.1) is 23.2 Å². The number of carbonyl (C=O) groups is 2. The molecule has 0 aromatic heterocycles. The number of fused-ring (bicyclic) bond motifs is 4. The van der Waals surface area contributed by atoms with E-state index in [-0.39, 0.29) is 53.0 Å². The number of ether oxygens (including phenoxy) is 1. The van der Waals surface area contributed by atoms with Crippen LogP contribution in [0.1, 0.15) is 73.1 Å². The third kappa shape index (κ3) is 3.11. The van der Waals surface area contributed by atoms with Gasteiger partial charge in [-0.05, 0) is 107 Å². The second-order valence-electron chi connectivity index (χ2n) is 12.7. The summed E-state index contributed by atoms with van der Waals surface area (Å²) in [5.74, 6) is -0.434. The number of aliphatic hydroxyl groups excluding tert-OH is 2. The van der Waals surface area contributed by atoms with Crippen molar-refractivity contribution in [1.29, 1.82) is 0 Å². The molecule has 4 aliphatic carbocycles. The fraction of sp³-hybridized carbons (Fsp3) is 0.786. The molecule has 0 bridgehead atoms. The highest BCUT2D eigenvalue weighted by molar-refractivity contribution is 5.98. The first-order chi connectivity index (χ1) is 16.2. The van der Waals surface area contributed by atoms with Crippen molar-refractivity contribution in [3.8, 4) is 0 Å². The highest BCUT2D eigenvalue weighted by atomic mass is 16.6. The average Bonchev–Trinajstić information content (AvgIpc) is 3.42. The topological polar surface area (TPSA) is 128 Å². The first-order valence-electron chi connectivity index (χ1n) is 13.1. The van der Waals surface area contributed by atoms with Gasteiger partial charge in [-0.25, -0.2) is 4.79 Å². The molecule has 1 spiro atoms. The molecule has 4 N–H and O–H groups in total. The number of carbonyl (C=O) groups excluding carboxylic acids is 1. The SMILES string of the molecule is CC(CC(O)[C@](C)(O)[C@H]1CC[C@H]2[C@@H]3CC4OC45C(O)C=CC(=O)[C@]5(C)[C@H]3CC[C@@]21C)=C(C)C(=O)O.